The summed E-state index contributed by atoms with van der Waals surface area (Å²) < 4.78 is 1.05. The number of aromatic nitrogens is 8. The maximum atomic E-state index is 5.29. The summed E-state index contributed by atoms with van der Waals surface area (Å²) in [6.07, 6.45) is 0. The quantitative estimate of drug-likeness (QED) is 0.148. The molecule has 53 heavy (non-hydrogen) atoms. The van der Waals surface area contributed by atoms with Crippen molar-refractivity contribution in [3.8, 4) is 45.6 Å². The van der Waals surface area contributed by atoms with Crippen LogP contribution in [0, 0.1) is 3.57 Å². The van der Waals surface area contributed by atoms with Crippen LogP contribution in [-0.2, 0) is 16.2 Å². The molecule has 0 amide bonds. The summed E-state index contributed by atoms with van der Waals surface area (Å²) in [5, 5.41) is 3.89. The van der Waals surface area contributed by atoms with E-state index >= 15 is 0 Å². The molecule has 3 aromatic heterocycles. The zero-order valence-corrected chi connectivity index (χ0v) is 33.6. The molecule has 2 aliphatic heterocycles. The molecule has 8 nitrogen and oxygen atoms in total. The number of benzene rings is 4. The van der Waals surface area contributed by atoms with E-state index in [1.165, 1.54) is 16.7 Å². The molecule has 2 aliphatic rings. The number of hydrogen-bond acceptors (Lipinski definition) is 6. The van der Waals surface area contributed by atoms with Gasteiger partial charge in [0, 0.05) is 47.4 Å². The van der Waals surface area contributed by atoms with E-state index in [4.69, 9.17) is 29.9 Å². The van der Waals surface area contributed by atoms with E-state index < -0.39 is 0 Å². The van der Waals surface area contributed by atoms with Crippen molar-refractivity contribution in [3.05, 3.63) is 93.1 Å². The van der Waals surface area contributed by atoms with E-state index in [1.54, 1.807) is 0 Å². The molecule has 4 aromatic carbocycles. The van der Waals surface area contributed by atoms with Gasteiger partial charge in [-0.1, -0.05) is 111 Å². The summed E-state index contributed by atoms with van der Waals surface area (Å²) >= 11 is 2.38. The second-order valence-electron chi connectivity index (χ2n) is 17.3. The molecule has 9 rings (SSSR count). The van der Waals surface area contributed by atoms with Crippen molar-refractivity contribution in [2.75, 3.05) is 0 Å². The summed E-state index contributed by atoms with van der Waals surface area (Å²) in [4.78, 5) is 38.6. The van der Waals surface area contributed by atoms with Gasteiger partial charge in [0.25, 0.3) is 0 Å². The van der Waals surface area contributed by atoms with E-state index in [9.17, 15) is 0 Å². The lowest BCUT2D eigenvalue weighted by atomic mass is 9.85. The van der Waals surface area contributed by atoms with E-state index in [2.05, 4.69) is 162 Å². The number of halogens is 1. The van der Waals surface area contributed by atoms with Crippen molar-refractivity contribution >= 4 is 66.7 Å². The molecule has 0 saturated heterocycles. The Labute approximate surface area is 322 Å². The Morgan fingerprint density at radius 1 is 0.415 bits per heavy atom. The largest absolute Gasteiger partial charge is 0.324 e. The van der Waals surface area contributed by atoms with Gasteiger partial charge in [-0.05, 0) is 79.8 Å². The standard InChI is InChI=1S/C44H41IN8/c1-42(2,3)22-13-16-25-29(19-22)38-47-34(25)46-35-26-17-14-23(43(4,5)6)20-30(26)39(48-35)51-37-28-11-10-12-32(45)33(28)41(52-37)53-40-31-21-24(44(7,8)9)15-18-27(31)36(49-38)50-40/h10-21H,1-9H3,(H2,46,47,48,49,50,51,52,53). The number of nitrogens with one attached hydrogen (secondary N) is 2. The molecule has 0 spiro atoms. The Morgan fingerprint density at radius 3 is 1.40 bits per heavy atom. The summed E-state index contributed by atoms with van der Waals surface area (Å²) in [5.41, 5.74) is 9.99. The van der Waals surface area contributed by atoms with Gasteiger partial charge in [0.15, 0.2) is 23.3 Å². The van der Waals surface area contributed by atoms with Crippen LogP contribution < -0.4 is 0 Å². The first kappa shape index (κ1) is 33.8. The Hall–Kier alpha value is -5.03. The van der Waals surface area contributed by atoms with Gasteiger partial charge in [-0.15, -0.1) is 0 Å². The predicted octanol–water partition coefficient (Wildman–Crippen LogP) is 11.4. The number of nitrogens with zero attached hydrogens (tertiary/aromatic N) is 6. The van der Waals surface area contributed by atoms with Crippen LogP contribution in [0.3, 0.4) is 0 Å². The molecule has 0 unspecified atom stereocenters. The Morgan fingerprint density at radius 2 is 0.849 bits per heavy atom. The minimum atomic E-state index is -0.0633. The van der Waals surface area contributed by atoms with Crippen LogP contribution in [0.1, 0.15) is 79.0 Å². The number of H-pyrrole nitrogens is 2. The van der Waals surface area contributed by atoms with Gasteiger partial charge in [-0.2, -0.15) is 0 Å². The van der Waals surface area contributed by atoms with Gasteiger partial charge in [0.2, 0.25) is 0 Å². The predicted molar refractivity (Wildman–Crippen MR) is 225 cm³/mol. The van der Waals surface area contributed by atoms with Crippen molar-refractivity contribution < 1.29 is 0 Å². The highest BCUT2D eigenvalue weighted by molar-refractivity contribution is 14.1. The van der Waals surface area contributed by atoms with E-state index in [0.29, 0.717) is 45.9 Å². The fourth-order valence-electron chi connectivity index (χ4n) is 7.20. The Kier molecular flexibility index (Phi) is 7.32. The minimum Gasteiger partial charge on any atom is -0.324 e. The summed E-state index contributed by atoms with van der Waals surface area (Å²) in [5.74, 6) is 2.42. The monoisotopic (exact) mass is 808 g/mol. The molecule has 9 heteroatoms. The van der Waals surface area contributed by atoms with Crippen LogP contribution >= 0.6 is 22.6 Å². The Balaban J connectivity index is 1.48. The first-order valence-electron chi connectivity index (χ1n) is 18.1. The maximum absolute atomic E-state index is 5.29. The van der Waals surface area contributed by atoms with Crippen LogP contribution in [0.25, 0.3) is 89.7 Å². The molecule has 0 atom stereocenters. The summed E-state index contributed by atoms with van der Waals surface area (Å²) in [6.45, 7) is 20.0. The molecule has 2 N–H and O–H groups in total. The molecule has 8 bridgehead atoms. The topological polar surface area (TPSA) is 109 Å². The highest BCUT2D eigenvalue weighted by Crippen LogP contribution is 2.41. The van der Waals surface area contributed by atoms with Crippen LogP contribution in [-0.4, -0.2) is 39.9 Å². The second kappa shape index (κ2) is 11.5. The molecule has 0 fully saturated rings. The highest BCUT2D eigenvalue weighted by Gasteiger charge is 2.26. The fraction of sp³-hybridized carbons (Fsp3) is 0.273. The van der Waals surface area contributed by atoms with Gasteiger partial charge in [0.1, 0.15) is 22.6 Å². The lowest BCUT2D eigenvalue weighted by Crippen LogP contribution is -2.10. The summed E-state index contributed by atoms with van der Waals surface area (Å²) in [7, 11) is 0. The first-order valence-corrected chi connectivity index (χ1v) is 19.2. The highest BCUT2D eigenvalue weighted by atomic mass is 127. The van der Waals surface area contributed by atoms with Gasteiger partial charge < -0.3 is 9.97 Å². The van der Waals surface area contributed by atoms with Gasteiger partial charge in [0.05, 0.1) is 0 Å². The molecule has 264 valence electrons. The van der Waals surface area contributed by atoms with Crippen molar-refractivity contribution in [3.63, 3.8) is 0 Å². The van der Waals surface area contributed by atoms with Crippen molar-refractivity contribution in [2.24, 2.45) is 0 Å². The van der Waals surface area contributed by atoms with E-state index in [0.717, 1.165) is 47.4 Å². The fourth-order valence-corrected chi connectivity index (χ4v) is 7.94. The maximum Gasteiger partial charge on any atom is 0.165 e. The number of rotatable bonds is 0. The lowest BCUT2D eigenvalue weighted by molar-refractivity contribution is 0.590. The molecule has 7 aromatic rings. The minimum absolute atomic E-state index is 0.0579. The molecular formula is C44H41IN8. The third-order valence-electron chi connectivity index (χ3n) is 10.4. The Bertz CT molecular complexity index is 2860. The van der Waals surface area contributed by atoms with Crippen LogP contribution in [0.2, 0.25) is 0 Å². The SMILES string of the molecule is CC(C)(C)c1ccc2c(c1)-c1nc-2nc2[nH]c(nc3nc(nc4[nH]c(n1)c1ccc(C(C)(C)C)cc41)-c1c(I)cccc1-3)c1cc(C(C)(C)C)ccc21. The van der Waals surface area contributed by atoms with Crippen molar-refractivity contribution in [2.45, 2.75) is 78.6 Å². The molecular weight excluding hydrogens is 767 g/mol. The van der Waals surface area contributed by atoms with Gasteiger partial charge >= 0.3 is 0 Å². The molecule has 0 radical (unpaired) electrons. The molecule has 5 heterocycles. The average molecular weight is 809 g/mol. The van der Waals surface area contributed by atoms with E-state index in [1.807, 2.05) is 6.07 Å². The molecule has 0 saturated carbocycles. The average Bonchev–Trinajstić information content (AvgIpc) is 3.82. The lowest BCUT2D eigenvalue weighted by Gasteiger charge is -2.19. The zero-order chi connectivity index (χ0) is 37.2. The second-order valence-corrected chi connectivity index (χ2v) is 18.5. The van der Waals surface area contributed by atoms with Crippen molar-refractivity contribution in [1.29, 1.82) is 0 Å². The molecule has 0 aliphatic carbocycles. The first-order chi connectivity index (χ1) is 25.0. The van der Waals surface area contributed by atoms with Gasteiger partial charge in [-0.25, -0.2) is 29.9 Å². The van der Waals surface area contributed by atoms with Crippen LogP contribution in [0.4, 0.5) is 0 Å². The summed E-state index contributed by atoms with van der Waals surface area (Å²) in [6, 6.07) is 25.9. The zero-order valence-electron chi connectivity index (χ0n) is 31.5. The van der Waals surface area contributed by atoms with E-state index in [-0.39, 0.29) is 16.2 Å². The van der Waals surface area contributed by atoms with Crippen molar-refractivity contribution in [1.82, 2.24) is 39.9 Å². The normalized spacial score (nSPS) is 13.1. The number of hydrogen-bond donors (Lipinski definition) is 2. The van der Waals surface area contributed by atoms with Gasteiger partial charge in [-0.3, -0.25) is 0 Å². The number of fused-ring (bicyclic) bond motifs is 20. The third-order valence-corrected chi connectivity index (χ3v) is 11.3. The van der Waals surface area contributed by atoms with Crippen LogP contribution in [0.5, 0.6) is 0 Å². The smallest absolute Gasteiger partial charge is 0.165 e. The van der Waals surface area contributed by atoms with Crippen LogP contribution in [0.15, 0.2) is 72.8 Å². The number of aromatic amines is 2. The third kappa shape index (κ3) is 5.62.